The molecule has 0 aliphatic carbocycles. The quantitative estimate of drug-likeness (QED) is 0.634. The molecule has 0 heterocycles. The van der Waals surface area contributed by atoms with E-state index in [0.717, 1.165) is 6.42 Å². The molecule has 0 radical (unpaired) electrons. The minimum atomic E-state index is -0.348. The Labute approximate surface area is 128 Å². The molecule has 0 saturated carbocycles. The highest BCUT2D eigenvalue weighted by Gasteiger charge is 2.27. The monoisotopic (exact) mass is 292 g/mol. The van der Waals surface area contributed by atoms with Crippen LogP contribution in [0.3, 0.4) is 0 Å². The molecule has 4 heteroatoms. The third-order valence-electron chi connectivity index (χ3n) is 3.03. The van der Waals surface area contributed by atoms with Crippen molar-refractivity contribution in [3.63, 3.8) is 0 Å². The van der Waals surface area contributed by atoms with Gasteiger partial charge in [0.1, 0.15) is 0 Å². The van der Waals surface area contributed by atoms with Gasteiger partial charge < -0.3 is 15.8 Å². The van der Waals surface area contributed by atoms with Gasteiger partial charge in [-0.2, -0.15) is 0 Å². The van der Waals surface area contributed by atoms with Crippen LogP contribution in [0.4, 0.5) is 11.4 Å². The summed E-state index contributed by atoms with van der Waals surface area (Å²) in [4.78, 5) is 12.1. The minimum Gasteiger partial charge on any atom is -0.462 e. The number of carbonyl (C=O) groups excluding carboxylic acids is 1. The van der Waals surface area contributed by atoms with Crippen molar-refractivity contribution in [1.29, 1.82) is 0 Å². The first-order valence-corrected chi connectivity index (χ1v) is 7.39. The molecule has 0 bridgehead atoms. The topological polar surface area (TPSA) is 64.3 Å². The zero-order valence-electron chi connectivity index (χ0n) is 14.0. The van der Waals surface area contributed by atoms with Gasteiger partial charge in [0.05, 0.1) is 23.5 Å². The second-order valence-electron chi connectivity index (χ2n) is 7.24. The first-order valence-electron chi connectivity index (χ1n) is 7.39. The number of hydrogen-bond acceptors (Lipinski definition) is 4. The van der Waals surface area contributed by atoms with E-state index < -0.39 is 0 Å². The van der Waals surface area contributed by atoms with E-state index in [0.29, 0.717) is 23.5 Å². The van der Waals surface area contributed by atoms with Crippen LogP contribution < -0.4 is 11.1 Å². The summed E-state index contributed by atoms with van der Waals surface area (Å²) in [5, 5.41) is 3.43. The van der Waals surface area contributed by atoms with E-state index in [1.54, 1.807) is 25.1 Å². The summed E-state index contributed by atoms with van der Waals surface area (Å²) in [5.41, 5.74) is 7.74. The highest BCUT2D eigenvalue weighted by molar-refractivity contribution is 5.99. The molecule has 0 aromatic heterocycles. The summed E-state index contributed by atoms with van der Waals surface area (Å²) in [5.74, 6) is -0.348. The second-order valence-corrected chi connectivity index (χ2v) is 7.24. The van der Waals surface area contributed by atoms with Crippen molar-refractivity contribution in [1.82, 2.24) is 0 Å². The lowest BCUT2D eigenvalue weighted by atomic mass is 9.81. The number of nitrogens with two attached hydrogens (primary N) is 1. The minimum absolute atomic E-state index is 0.171. The van der Waals surface area contributed by atoms with Crippen molar-refractivity contribution < 1.29 is 9.53 Å². The van der Waals surface area contributed by atoms with Crippen molar-refractivity contribution in [3.05, 3.63) is 23.8 Å². The van der Waals surface area contributed by atoms with Crippen LogP contribution in [0.15, 0.2) is 18.2 Å². The Kier molecular flexibility index (Phi) is 5.26. The fraction of sp³-hybridized carbons (Fsp3) is 0.588. The summed E-state index contributed by atoms with van der Waals surface area (Å²) < 4.78 is 5.10. The van der Waals surface area contributed by atoms with Gasteiger partial charge in [0.2, 0.25) is 0 Å². The Balaban J connectivity index is 3.09. The van der Waals surface area contributed by atoms with Gasteiger partial charge in [-0.3, -0.25) is 0 Å². The molecule has 0 amide bonds. The number of para-hydroxylation sites is 1. The SMILES string of the molecule is CCOC(=O)c1cccc(N)c1NC(C)(C)CC(C)(C)C. The van der Waals surface area contributed by atoms with E-state index in [9.17, 15) is 4.79 Å². The number of nitrogen functional groups attached to an aromatic ring is 1. The Bertz CT molecular complexity index is 502. The predicted molar refractivity (Wildman–Crippen MR) is 88.6 cm³/mol. The summed E-state index contributed by atoms with van der Waals surface area (Å²) in [7, 11) is 0. The average molecular weight is 292 g/mol. The van der Waals surface area contributed by atoms with Gasteiger partial charge in [0, 0.05) is 5.54 Å². The summed E-state index contributed by atoms with van der Waals surface area (Å²) in [6.45, 7) is 12.9. The molecule has 0 saturated heterocycles. The first kappa shape index (κ1) is 17.3. The number of benzene rings is 1. The molecule has 0 spiro atoms. The predicted octanol–water partition coefficient (Wildman–Crippen LogP) is 4.07. The number of anilines is 2. The molecule has 1 aromatic rings. The summed E-state index contributed by atoms with van der Waals surface area (Å²) in [6, 6.07) is 5.30. The largest absolute Gasteiger partial charge is 0.462 e. The molecule has 21 heavy (non-hydrogen) atoms. The molecule has 0 aliphatic rings. The van der Waals surface area contributed by atoms with Crippen LogP contribution in [0.25, 0.3) is 0 Å². The van der Waals surface area contributed by atoms with Crippen molar-refractivity contribution in [2.45, 2.75) is 53.5 Å². The molecule has 0 aliphatic heterocycles. The van der Waals surface area contributed by atoms with Crippen molar-refractivity contribution >= 4 is 17.3 Å². The van der Waals surface area contributed by atoms with Gasteiger partial charge in [-0.15, -0.1) is 0 Å². The number of nitrogens with one attached hydrogen (secondary N) is 1. The van der Waals surface area contributed by atoms with E-state index in [1.807, 2.05) is 0 Å². The number of rotatable bonds is 5. The fourth-order valence-electron chi connectivity index (χ4n) is 2.80. The van der Waals surface area contributed by atoms with Gasteiger partial charge >= 0.3 is 5.97 Å². The van der Waals surface area contributed by atoms with Crippen molar-refractivity contribution in [3.8, 4) is 0 Å². The Hall–Kier alpha value is -1.71. The molecule has 3 N–H and O–H groups in total. The van der Waals surface area contributed by atoms with Gasteiger partial charge in [0.15, 0.2) is 0 Å². The number of ether oxygens (including phenoxy) is 1. The molecule has 4 nitrogen and oxygen atoms in total. The maximum atomic E-state index is 12.1. The third kappa shape index (κ3) is 5.29. The van der Waals surface area contributed by atoms with Crippen molar-refractivity contribution in [2.24, 2.45) is 5.41 Å². The molecular weight excluding hydrogens is 264 g/mol. The van der Waals surface area contributed by atoms with Crippen LogP contribution >= 0.6 is 0 Å². The van der Waals surface area contributed by atoms with Gasteiger partial charge in [-0.25, -0.2) is 4.79 Å². The maximum absolute atomic E-state index is 12.1. The number of esters is 1. The molecule has 1 rings (SSSR count). The van der Waals surface area contributed by atoms with E-state index in [4.69, 9.17) is 10.5 Å². The standard InChI is InChI=1S/C17H28N2O2/c1-7-21-15(20)12-9-8-10-13(18)14(12)19-17(5,6)11-16(2,3)4/h8-10,19H,7,11,18H2,1-6H3. The van der Waals surface area contributed by atoms with Crippen LogP contribution in [0.1, 0.15) is 58.3 Å². The Morgan fingerprint density at radius 3 is 2.38 bits per heavy atom. The Morgan fingerprint density at radius 1 is 1.24 bits per heavy atom. The number of carbonyl (C=O) groups is 1. The van der Waals surface area contributed by atoms with E-state index >= 15 is 0 Å². The van der Waals surface area contributed by atoms with Crippen LogP contribution in [-0.4, -0.2) is 18.1 Å². The smallest absolute Gasteiger partial charge is 0.340 e. The second kappa shape index (κ2) is 6.37. The molecule has 1 aromatic carbocycles. The zero-order chi connectivity index (χ0) is 16.3. The van der Waals surface area contributed by atoms with Crippen molar-refractivity contribution in [2.75, 3.05) is 17.7 Å². The molecule has 0 fully saturated rings. The average Bonchev–Trinajstić information content (AvgIpc) is 2.28. The molecule has 0 atom stereocenters. The van der Waals surface area contributed by atoms with Gasteiger partial charge in [-0.05, 0) is 44.7 Å². The molecule has 0 unspecified atom stereocenters. The highest BCUT2D eigenvalue weighted by atomic mass is 16.5. The first-order chi connectivity index (χ1) is 9.56. The fourth-order valence-corrected chi connectivity index (χ4v) is 2.80. The summed E-state index contributed by atoms with van der Waals surface area (Å²) >= 11 is 0. The van der Waals surface area contributed by atoms with Crippen LogP contribution in [-0.2, 0) is 4.74 Å². The third-order valence-corrected chi connectivity index (χ3v) is 3.03. The van der Waals surface area contributed by atoms with Crippen LogP contribution in [0.2, 0.25) is 0 Å². The van der Waals surface area contributed by atoms with Gasteiger partial charge in [0.25, 0.3) is 0 Å². The molecular formula is C17H28N2O2. The maximum Gasteiger partial charge on any atom is 0.340 e. The Morgan fingerprint density at radius 2 is 1.86 bits per heavy atom. The number of hydrogen-bond donors (Lipinski definition) is 2. The van der Waals surface area contributed by atoms with E-state index in [1.165, 1.54) is 0 Å². The van der Waals surface area contributed by atoms with E-state index in [-0.39, 0.29) is 16.9 Å². The summed E-state index contributed by atoms with van der Waals surface area (Å²) in [6.07, 6.45) is 0.941. The lowest BCUT2D eigenvalue weighted by molar-refractivity contribution is 0.0527. The van der Waals surface area contributed by atoms with E-state index in [2.05, 4.69) is 39.9 Å². The molecule has 118 valence electrons. The normalized spacial score (nSPS) is 12.1. The highest BCUT2D eigenvalue weighted by Crippen LogP contribution is 2.33. The lowest BCUT2D eigenvalue weighted by Crippen LogP contribution is -2.36. The zero-order valence-corrected chi connectivity index (χ0v) is 14.0. The van der Waals surface area contributed by atoms with Gasteiger partial charge in [-0.1, -0.05) is 26.8 Å². The lowest BCUT2D eigenvalue weighted by Gasteiger charge is -2.35. The van der Waals surface area contributed by atoms with Crippen LogP contribution in [0.5, 0.6) is 0 Å². The van der Waals surface area contributed by atoms with Crippen LogP contribution in [0, 0.1) is 5.41 Å².